The first kappa shape index (κ1) is 12.7. The molecule has 0 saturated carbocycles. The van der Waals surface area contributed by atoms with Gasteiger partial charge in [0.25, 0.3) is 0 Å². The average molecular weight is 267 g/mol. The number of pyridine rings is 1. The van der Waals surface area contributed by atoms with Crippen LogP contribution in [-0.4, -0.2) is 19.6 Å². The first-order valence-corrected chi connectivity index (χ1v) is 6.82. The standard InChI is InChI=1S/C16H17N3O/c1-3-9-19-15(12-7-6-11(2)14(20)10-12)18-13-5-4-8-17-16(13)19/h4-8,10,20H,3,9H2,1-2H3. The number of benzene rings is 1. The Morgan fingerprint density at radius 1 is 1.25 bits per heavy atom. The third kappa shape index (κ3) is 2.03. The van der Waals surface area contributed by atoms with Gasteiger partial charge in [0.1, 0.15) is 17.1 Å². The van der Waals surface area contributed by atoms with Gasteiger partial charge in [0.15, 0.2) is 5.65 Å². The summed E-state index contributed by atoms with van der Waals surface area (Å²) < 4.78 is 2.11. The van der Waals surface area contributed by atoms with E-state index in [-0.39, 0.29) is 0 Å². The van der Waals surface area contributed by atoms with E-state index in [1.807, 2.05) is 31.2 Å². The number of phenolic OH excluding ortho intramolecular Hbond substituents is 1. The number of hydrogen-bond donors (Lipinski definition) is 1. The minimum Gasteiger partial charge on any atom is -0.508 e. The van der Waals surface area contributed by atoms with E-state index in [0.717, 1.165) is 41.1 Å². The van der Waals surface area contributed by atoms with Crippen molar-refractivity contribution >= 4 is 11.2 Å². The molecule has 4 heteroatoms. The lowest BCUT2D eigenvalue weighted by atomic mass is 10.1. The third-order valence-corrected chi connectivity index (χ3v) is 3.42. The maximum Gasteiger partial charge on any atom is 0.160 e. The second-order valence-electron chi connectivity index (χ2n) is 4.93. The molecule has 102 valence electrons. The van der Waals surface area contributed by atoms with Crippen molar-refractivity contribution in [3.05, 3.63) is 42.1 Å². The molecule has 3 rings (SSSR count). The number of aryl methyl sites for hydroxylation is 2. The van der Waals surface area contributed by atoms with Crippen molar-refractivity contribution in [1.82, 2.24) is 14.5 Å². The van der Waals surface area contributed by atoms with Crippen molar-refractivity contribution in [3.63, 3.8) is 0 Å². The van der Waals surface area contributed by atoms with Crippen molar-refractivity contribution in [2.45, 2.75) is 26.8 Å². The molecule has 0 amide bonds. The lowest BCUT2D eigenvalue weighted by Gasteiger charge is -2.08. The normalized spacial score (nSPS) is 11.1. The van der Waals surface area contributed by atoms with Gasteiger partial charge in [0, 0.05) is 18.3 Å². The predicted octanol–water partition coefficient (Wildman–Crippen LogP) is 3.52. The molecule has 0 spiro atoms. The summed E-state index contributed by atoms with van der Waals surface area (Å²) in [5.74, 6) is 1.15. The predicted molar refractivity (Wildman–Crippen MR) is 79.7 cm³/mol. The summed E-state index contributed by atoms with van der Waals surface area (Å²) >= 11 is 0. The lowest BCUT2D eigenvalue weighted by Crippen LogP contribution is -2.00. The Labute approximate surface area is 117 Å². The molecular formula is C16H17N3O. The van der Waals surface area contributed by atoms with Gasteiger partial charge in [-0.3, -0.25) is 0 Å². The number of imidazole rings is 1. The number of hydrogen-bond acceptors (Lipinski definition) is 3. The Morgan fingerprint density at radius 3 is 2.85 bits per heavy atom. The van der Waals surface area contributed by atoms with Gasteiger partial charge >= 0.3 is 0 Å². The van der Waals surface area contributed by atoms with E-state index in [0.29, 0.717) is 5.75 Å². The van der Waals surface area contributed by atoms with Gasteiger partial charge in [-0.1, -0.05) is 19.1 Å². The maximum absolute atomic E-state index is 9.90. The molecule has 0 saturated heterocycles. The van der Waals surface area contributed by atoms with Crippen LogP contribution in [0.1, 0.15) is 18.9 Å². The quantitative estimate of drug-likeness (QED) is 0.790. The van der Waals surface area contributed by atoms with Crippen LogP contribution >= 0.6 is 0 Å². The SMILES string of the molecule is CCCn1c(-c2ccc(C)c(O)c2)nc2cccnc21. The summed E-state index contributed by atoms with van der Waals surface area (Å²) in [5.41, 5.74) is 3.56. The van der Waals surface area contributed by atoms with E-state index in [1.54, 1.807) is 12.3 Å². The van der Waals surface area contributed by atoms with E-state index in [1.165, 1.54) is 0 Å². The van der Waals surface area contributed by atoms with E-state index in [4.69, 9.17) is 0 Å². The summed E-state index contributed by atoms with van der Waals surface area (Å²) in [6.07, 6.45) is 2.79. The monoisotopic (exact) mass is 267 g/mol. The highest BCUT2D eigenvalue weighted by Crippen LogP contribution is 2.28. The van der Waals surface area contributed by atoms with Crippen molar-refractivity contribution in [1.29, 1.82) is 0 Å². The van der Waals surface area contributed by atoms with Crippen molar-refractivity contribution in [2.75, 3.05) is 0 Å². The van der Waals surface area contributed by atoms with Gasteiger partial charge in [-0.2, -0.15) is 0 Å². The molecule has 0 bridgehead atoms. The molecule has 2 heterocycles. The van der Waals surface area contributed by atoms with Crippen molar-refractivity contribution in [2.24, 2.45) is 0 Å². The molecule has 2 aromatic heterocycles. The fourth-order valence-electron chi connectivity index (χ4n) is 2.36. The van der Waals surface area contributed by atoms with Crippen LogP contribution in [0.3, 0.4) is 0 Å². The molecule has 0 fully saturated rings. The maximum atomic E-state index is 9.90. The van der Waals surface area contributed by atoms with Gasteiger partial charge in [-0.05, 0) is 37.1 Å². The molecule has 3 aromatic rings. The number of phenols is 1. The minimum atomic E-state index is 0.297. The van der Waals surface area contributed by atoms with Gasteiger partial charge in [-0.25, -0.2) is 9.97 Å². The Hall–Kier alpha value is -2.36. The first-order valence-electron chi connectivity index (χ1n) is 6.82. The van der Waals surface area contributed by atoms with Crippen LogP contribution in [0.25, 0.3) is 22.6 Å². The summed E-state index contributed by atoms with van der Waals surface area (Å²) in [6, 6.07) is 9.52. The Kier molecular flexibility index (Phi) is 3.14. The molecule has 0 radical (unpaired) electrons. The number of aromatic hydroxyl groups is 1. The van der Waals surface area contributed by atoms with Crippen LogP contribution in [0.4, 0.5) is 0 Å². The molecule has 0 aliphatic carbocycles. The second-order valence-corrected chi connectivity index (χ2v) is 4.93. The Morgan fingerprint density at radius 2 is 2.10 bits per heavy atom. The highest BCUT2D eigenvalue weighted by molar-refractivity contribution is 5.77. The van der Waals surface area contributed by atoms with Crippen molar-refractivity contribution < 1.29 is 5.11 Å². The summed E-state index contributed by atoms with van der Waals surface area (Å²) in [5, 5.41) is 9.90. The zero-order valence-electron chi connectivity index (χ0n) is 11.7. The topological polar surface area (TPSA) is 50.9 Å². The van der Waals surface area contributed by atoms with Gasteiger partial charge in [-0.15, -0.1) is 0 Å². The Balaban J connectivity index is 2.23. The van der Waals surface area contributed by atoms with Crippen LogP contribution < -0.4 is 0 Å². The molecule has 0 aliphatic rings. The van der Waals surface area contributed by atoms with E-state index >= 15 is 0 Å². The zero-order chi connectivity index (χ0) is 14.1. The fraction of sp³-hybridized carbons (Fsp3) is 0.250. The molecule has 0 atom stereocenters. The van der Waals surface area contributed by atoms with Crippen LogP contribution in [-0.2, 0) is 6.54 Å². The van der Waals surface area contributed by atoms with Gasteiger partial charge in [0.05, 0.1) is 0 Å². The van der Waals surface area contributed by atoms with Gasteiger partial charge < -0.3 is 9.67 Å². The third-order valence-electron chi connectivity index (χ3n) is 3.42. The van der Waals surface area contributed by atoms with Crippen molar-refractivity contribution in [3.8, 4) is 17.1 Å². The van der Waals surface area contributed by atoms with Crippen LogP contribution in [0.5, 0.6) is 5.75 Å². The highest BCUT2D eigenvalue weighted by Gasteiger charge is 2.13. The number of rotatable bonds is 3. The molecule has 0 aliphatic heterocycles. The first-order chi connectivity index (χ1) is 9.70. The molecule has 20 heavy (non-hydrogen) atoms. The minimum absolute atomic E-state index is 0.297. The molecular weight excluding hydrogens is 250 g/mol. The molecule has 0 unspecified atom stereocenters. The smallest absolute Gasteiger partial charge is 0.160 e. The largest absolute Gasteiger partial charge is 0.508 e. The number of nitrogens with zero attached hydrogens (tertiary/aromatic N) is 3. The molecule has 1 aromatic carbocycles. The van der Waals surface area contributed by atoms with Crippen LogP contribution in [0.2, 0.25) is 0 Å². The summed E-state index contributed by atoms with van der Waals surface area (Å²) in [7, 11) is 0. The number of aromatic nitrogens is 3. The van der Waals surface area contributed by atoms with E-state index in [2.05, 4.69) is 21.5 Å². The Bertz CT molecular complexity index is 762. The summed E-state index contributed by atoms with van der Waals surface area (Å²) in [4.78, 5) is 9.09. The van der Waals surface area contributed by atoms with E-state index < -0.39 is 0 Å². The highest BCUT2D eigenvalue weighted by atomic mass is 16.3. The second kappa shape index (κ2) is 4.96. The van der Waals surface area contributed by atoms with E-state index in [9.17, 15) is 5.11 Å². The number of fused-ring (bicyclic) bond motifs is 1. The van der Waals surface area contributed by atoms with Gasteiger partial charge in [0.2, 0.25) is 0 Å². The zero-order valence-corrected chi connectivity index (χ0v) is 11.7. The average Bonchev–Trinajstić information content (AvgIpc) is 2.82. The lowest BCUT2D eigenvalue weighted by molar-refractivity contribution is 0.471. The molecule has 4 nitrogen and oxygen atoms in total. The summed E-state index contributed by atoms with van der Waals surface area (Å²) in [6.45, 7) is 4.87. The molecule has 1 N–H and O–H groups in total. The fourth-order valence-corrected chi connectivity index (χ4v) is 2.36. The van der Waals surface area contributed by atoms with Crippen LogP contribution in [0, 0.1) is 6.92 Å². The van der Waals surface area contributed by atoms with Crippen LogP contribution in [0.15, 0.2) is 36.5 Å².